The summed E-state index contributed by atoms with van der Waals surface area (Å²) in [6.07, 6.45) is 3.52. The molecule has 1 atom stereocenters. The van der Waals surface area contributed by atoms with Crippen molar-refractivity contribution in [2.24, 2.45) is 5.92 Å². The molecule has 1 aliphatic rings. The van der Waals surface area contributed by atoms with Crippen LogP contribution in [0.25, 0.3) is 0 Å². The van der Waals surface area contributed by atoms with Crippen LogP contribution in [0.5, 0.6) is 0 Å². The minimum absolute atomic E-state index is 0.847. The first-order valence-corrected chi connectivity index (χ1v) is 3.56. The third-order valence-electron chi connectivity index (χ3n) is 1.71. The van der Waals surface area contributed by atoms with E-state index >= 15 is 0 Å². The summed E-state index contributed by atoms with van der Waals surface area (Å²) in [5.74, 6) is 0.847. The van der Waals surface area contributed by atoms with Gasteiger partial charge in [-0.2, -0.15) is 0 Å². The second kappa shape index (κ2) is 2.42. The first kappa shape index (κ1) is 6.66. The van der Waals surface area contributed by atoms with E-state index in [4.69, 9.17) is 0 Å². The lowest BCUT2D eigenvalue weighted by molar-refractivity contribution is 0.342. The Kier molecular flexibility index (Phi) is 1.79. The maximum atomic E-state index is 2.30. The second-order valence-corrected chi connectivity index (χ2v) is 3.22. The van der Waals surface area contributed by atoms with Crippen molar-refractivity contribution in [3.8, 4) is 0 Å². The van der Waals surface area contributed by atoms with E-state index in [1.54, 1.807) is 0 Å². The Labute approximate surface area is 57.4 Å². The van der Waals surface area contributed by atoms with Crippen molar-refractivity contribution >= 4 is 0 Å². The molecule has 0 N–H and O–H groups in total. The molecule has 1 unspecified atom stereocenters. The van der Waals surface area contributed by atoms with Crippen LogP contribution in [-0.4, -0.2) is 18.5 Å². The molecule has 0 aliphatic carbocycles. The summed E-state index contributed by atoms with van der Waals surface area (Å²) in [6.45, 7) is 5.72. The van der Waals surface area contributed by atoms with Crippen LogP contribution in [0.1, 0.15) is 20.3 Å². The number of rotatable bonds is 0. The van der Waals surface area contributed by atoms with Crippen LogP contribution in [0.3, 0.4) is 0 Å². The van der Waals surface area contributed by atoms with Gasteiger partial charge >= 0.3 is 0 Å². The average Bonchev–Trinajstić information content (AvgIpc) is 1.59. The average molecular weight is 125 g/mol. The zero-order valence-corrected chi connectivity index (χ0v) is 6.52. The van der Waals surface area contributed by atoms with Gasteiger partial charge in [-0.15, -0.1) is 0 Å². The van der Waals surface area contributed by atoms with Gasteiger partial charge in [0, 0.05) is 13.6 Å². The van der Waals surface area contributed by atoms with Gasteiger partial charge in [0.15, 0.2) is 0 Å². The molecule has 0 aromatic heterocycles. The van der Waals surface area contributed by atoms with Crippen LogP contribution in [0.2, 0.25) is 0 Å². The molecule has 0 spiro atoms. The molecule has 0 aromatic rings. The molecule has 1 aliphatic heterocycles. The quantitative estimate of drug-likeness (QED) is 0.477. The zero-order valence-electron chi connectivity index (χ0n) is 6.52. The maximum absolute atomic E-state index is 2.30. The van der Waals surface area contributed by atoms with Crippen LogP contribution in [-0.2, 0) is 0 Å². The van der Waals surface area contributed by atoms with E-state index < -0.39 is 0 Å². The molecule has 0 aromatic carbocycles. The van der Waals surface area contributed by atoms with Gasteiger partial charge in [-0.3, -0.25) is 0 Å². The molecule has 0 saturated heterocycles. The fourth-order valence-electron chi connectivity index (χ4n) is 1.59. The van der Waals surface area contributed by atoms with Crippen LogP contribution in [0, 0.1) is 5.92 Å². The lowest BCUT2D eigenvalue weighted by Gasteiger charge is -2.26. The topological polar surface area (TPSA) is 3.24 Å². The lowest BCUT2D eigenvalue weighted by atomic mass is 9.99. The smallest absolute Gasteiger partial charge is 0.0198 e. The van der Waals surface area contributed by atoms with E-state index in [-0.39, 0.29) is 0 Å². The first-order valence-electron chi connectivity index (χ1n) is 3.56. The molecule has 1 heteroatoms. The van der Waals surface area contributed by atoms with E-state index in [0.29, 0.717) is 0 Å². The van der Waals surface area contributed by atoms with E-state index in [0.717, 1.165) is 5.92 Å². The Hall–Kier alpha value is -0.460. The summed E-state index contributed by atoms with van der Waals surface area (Å²) in [6, 6.07) is 0. The Balaban J connectivity index is 2.56. The third-order valence-corrected chi connectivity index (χ3v) is 1.71. The summed E-state index contributed by atoms with van der Waals surface area (Å²) in [7, 11) is 2.14. The molecular formula is C8H15N. The van der Waals surface area contributed by atoms with E-state index in [1.807, 2.05) is 0 Å². The van der Waals surface area contributed by atoms with E-state index in [2.05, 4.69) is 32.0 Å². The Morgan fingerprint density at radius 2 is 2.33 bits per heavy atom. The molecule has 0 bridgehead atoms. The normalized spacial score (nSPS) is 28.1. The minimum atomic E-state index is 0.847. The molecule has 0 amide bonds. The Morgan fingerprint density at radius 1 is 1.67 bits per heavy atom. The van der Waals surface area contributed by atoms with Gasteiger partial charge in [0.25, 0.3) is 0 Å². The first-order chi connectivity index (χ1) is 4.18. The fraction of sp³-hybridized carbons (Fsp3) is 0.750. The number of nitrogens with zero attached hydrogens (tertiary/aromatic N) is 1. The number of hydrogen-bond donors (Lipinski definition) is 0. The van der Waals surface area contributed by atoms with Crippen molar-refractivity contribution in [3.63, 3.8) is 0 Å². The number of allylic oxidation sites excluding steroid dienone is 1. The summed E-state index contributed by atoms with van der Waals surface area (Å²) in [5, 5.41) is 0. The van der Waals surface area contributed by atoms with Crippen LogP contribution < -0.4 is 0 Å². The molecule has 9 heavy (non-hydrogen) atoms. The van der Waals surface area contributed by atoms with Crippen molar-refractivity contribution in [1.29, 1.82) is 0 Å². The van der Waals surface area contributed by atoms with Crippen LogP contribution >= 0.6 is 0 Å². The zero-order chi connectivity index (χ0) is 6.85. The summed E-state index contributed by atoms with van der Waals surface area (Å²) in [4.78, 5) is 2.27. The molecule has 1 nitrogen and oxygen atoms in total. The molecule has 0 saturated carbocycles. The molecule has 1 heterocycles. The Bertz CT molecular complexity index is 127. The number of hydrogen-bond acceptors (Lipinski definition) is 1. The van der Waals surface area contributed by atoms with Gasteiger partial charge in [0.05, 0.1) is 0 Å². The van der Waals surface area contributed by atoms with Crippen LogP contribution in [0.15, 0.2) is 11.8 Å². The lowest BCUT2D eigenvalue weighted by Crippen LogP contribution is -2.23. The van der Waals surface area contributed by atoms with Crippen LogP contribution in [0.4, 0.5) is 0 Å². The highest BCUT2D eigenvalue weighted by molar-refractivity contribution is 5.01. The van der Waals surface area contributed by atoms with E-state index in [9.17, 15) is 0 Å². The van der Waals surface area contributed by atoms with E-state index in [1.165, 1.54) is 18.5 Å². The van der Waals surface area contributed by atoms with Gasteiger partial charge in [0.1, 0.15) is 0 Å². The van der Waals surface area contributed by atoms with Gasteiger partial charge in [-0.25, -0.2) is 0 Å². The highest BCUT2D eigenvalue weighted by Crippen LogP contribution is 2.17. The molecular weight excluding hydrogens is 110 g/mol. The molecule has 0 radical (unpaired) electrons. The summed E-state index contributed by atoms with van der Waals surface area (Å²) < 4.78 is 0. The highest BCUT2D eigenvalue weighted by atomic mass is 15.1. The Morgan fingerprint density at radius 3 is 2.78 bits per heavy atom. The highest BCUT2D eigenvalue weighted by Gasteiger charge is 2.09. The van der Waals surface area contributed by atoms with Crippen molar-refractivity contribution < 1.29 is 0 Å². The monoisotopic (exact) mass is 125 g/mol. The predicted molar refractivity (Wildman–Crippen MR) is 40.2 cm³/mol. The van der Waals surface area contributed by atoms with Crippen molar-refractivity contribution in [1.82, 2.24) is 4.90 Å². The standard InChI is InChI=1S/C8H15N/c1-7-4-8(2)6-9(3)5-7/h5,8H,4,6H2,1-3H3. The van der Waals surface area contributed by atoms with Crippen molar-refractivity contribution in [2.45, 2.75) is 20.3 Å². The fourth-order valence-corrected chi connectivity index (χ4v) is 1.59. The summed E-state index contributed by atoms with van der Waals surface area (Å²) >= 11 is 0. The minimum Gasteiger partial charge on any atom is -0.380 e. The van der Waals surface area contributed by atoms with Gasteiger partial charge < -0.3 is 4.90 Å². The van der Waals surface area contributed by atoms with Crippen molar-refractivity contribution in [3.05, 3.63) is 11.8 Å². The van der Waals surface area contributed by atoms with Gasteiger partial charge in [-0.1, -0.05) is 12.5 Å². The molecule has 1 rings (SSSR count). The molecule has 0 fully saturated rings. The SMILES string of the molecule is CC1=CN(C)CC(C)C1. The van der Waals surface area contributed by atoms with Gasteiger partial charge in [0.2, 0.25) is 0 Å². The maximum Gasteiger partial charge on any atom is 0.0198 e. The predicted octanol–water partition coefficient (Wildman–Crippen LogP) is 1.86. The van der Waals surface area contributed by atoms with Gasteiger partial charge in [-0.05, 0) is 25.5 Å². The second-order valence-electron chi connectivity index (χ2n) is 3.22. The third kappa shape index (κ3) is 1.74. The largest absolute Gasteiger partial charge is 0.380 e. The summed E-state index contributed by atoms with van der Waals surface area (Å²) in [5.41, 5.74) is 1.51. The van der Waals surface area contributed by atoms with Crippen molar-refractivity contribution in [2.75, 3.05) is 13.6 Å². The molecule has 52 valence electrons.